The summed E-state index contributed by atoms with van der Waals surface area (Å²) in [6.07, 6.45) is 0. The molecule has 0 bridgehead atoms. The molecule has 0 radical (unpaired) electrons. The van der Waals surface area contributed by atoms with E-state index in [9.17, 15) is 14.9 Å². The lowest BCUT2D eigenvalue weighted by Gasteiger charge is -2.39. The van der Waals surface area contributed by atoms with Gasteiger partial charge in [0.2, 0.25) is 0 Å². The van der Waals surface area contributed by atoms with Crippen molar-refractivity contribution in [1.82, 2.24) is 4.90 Å². The molecule has 2 aliphatic rings. The van der Waals surface area contributed by atoms with Crippen molar-refractivity contribution >= 4 is 34.6 Å². The zero-order valence-corrected chi connectivity index (χ0v) is 20.2. The molecule has 4 rings (SSSR count). The molecule has 0 spiro atoms. The summed E-state index contributed by atoms with van der Waals surface area (Å²) in [7, 11) is 0. The Morgan fingerprint density at radius 1 is 1.00 bits per heavy atom. The summed E-state index contributed by atoms with van der Waals surface area (Å²) < 4.78 is 11.4. The van der Waals surface area contributed by atoms with Crippen molar-refractivity contribution in [3.05, 3.63) is 57.6 Å². The number of nitrogens with zero attached hydrogens (tertiary/aromatic N) is 4. The molecule has 182 valence electrons. The molecule has 9 nitrogen and oxygen atoms in total. The van der Waals surface area contributed by atoms with Gasteiger partial charge in [-0.1, -0.05) is 11.6 Å². The number of carbonyl (C=O) groups is 1. The topological polar surface area (TPSA) is 88.4 Å². The zero-order valence-electron chi connectivity index (χ0n) is 19.4. The Morgan fingerprint density at radius 2 is 1.65 bits per heavy atom. The van der Waals surface area contributed by atoms with E-state index in [0.717, 1.165) is 5.69 Å². The minimum absolute atomic E-state index is 0.0835. The average Bonchev–Trinajstić information content (AvgIpc) is 2.85. The lowest BCUT2D eigenvalue weighted by atomic mass is 10.1. The van der Waals surface area contributed by atoms with Gasteiger partial charge in [0.05, 0.1) is 18.1 Å². The highest BCUT2D eigenvalue weighted by Crippen LogP contribution is 2.34. The first-order chi connectivity index (χ1) is 16.2. The van der Waals surface area contributed by atoms with Crippen molar-refractivity contribution in [3.63, 3.8) is 0 Å². The van der Waals surface area contributed by atoms with Crippen LogP contribution in [0.2, 0.25) is 5.02 Å². The van der Waals surface area contributed by atoms with Gasteiger partial charge >= 0.3 is 0 Å². The number of amides is 1. The van der Waals surface area contributed by atoms with Gasteiger partial charge < -0.3 is 24.2 Å². The predicted molar refractivity (Wildman–Crippen MR) is 131 cm³/mol. The van der Waals surface area contributed by atoms with Crippen LogP contribution in [0.4, 0.5) is 17.1 Å². The maximum atomic E-state index is 13.2. The summed E-state index contributed by atoms with van der Waals surface area (Å²) in [4.78, 5) is 30.4. The Hall–Kier alpha value is -3.04. The number of halogens is 1. The summed E-state index contributed by atoms with van der Waals surface area (Å²) in [6, 6.07) is 12.2. The van der Waals surface area contributed by atoms with Gasteiger partial charge in [-0.05, 0) is 50.2 Å². The number of hydrogen-bond acceptors (Lipinski definition) is 7. The van der Waals surface area contributed by atoms with Crippen LogP contribution < -0.4 is 14.5 Å². The third kappa shape index (κ3) is 5.37. The summed E-state index contributed by atoms with van der Waals surface area (Å²) in [5.41, 5.74) is 0.602. The molecule has 0 unspecified atom stereocenters. The van der Waals surface area contributed by atoms with E-state index < -0.39 is 5.60 Å². The first-order valence-electron chi connectivity index (χ1n) is 11.3. The van der Waals surface area contributed by atoms with Crippen LogP contribution >= 0.6 is 11.6 Å². The van der Waals surface area contributed by atoms with Gasteiger partial charge in [-0.2, -0.15) is 0 Å². The maximum Gasteiger partial charge on any atom is 0.292 e. The molecule has 2 aliphatic heterocycles. The van der Waals surface area contributed by atoms with Crippen LogP contribution in [0.5, 0.6) is 5.75 Å². The number of nitro benzene ring substituents is 1. The van der Waals surface area contributed by atoms with Crippen molar-refractivity contribution in [2.75, 3.05) is 62.3 Å². The Balaban J connectivity index is 1.42. The molecule has 0 aromatic heterocycles. The van der Waals surface area contributed by atoms with Crippen LogP contribution in [-0.4, -0.2) is 73.8 Å². The van der Waals surface area contributed by atoms with Gasteiger partial charge in [-0.3, -0.25) is 14.9 Å². The second-order valence-corrected chi connectivity index (χ2v) is 9.31. The highest BCUT2D eigenvalue weighted by Gasteiger charge is 2.36. The fourth-order valence-electron chi connectivity index (χ4n) is 4.31. The number of carbonyl (C=O) groups excluding carboxylic acids is 1. The number of piperazine rings is 1. The molecule has 2 aromatic carbocycles. The summed E-state index contributed by atoms with van der Waals surface area (Å²) >= 11 is 5.93. The third-order valence-corrected chi connectivity index (χ3v) is 6.39. The van der Waals surface area contributed by atoms with Crippen LogP contribution in [0.15, 0.2) is 42.5 Å². The molecule has 10 heteroatoms. The predicted octanol–water partition coefficient (Wildman–Crippen LogP) is 3.59. The molecule has 34 heavy (non-hydrogen) atoms. The van der Waals surface area contributed by atoms with E-state index in [1.54, 1.807) is 55.1 Å². The van der Waals surface area contributed by atoms with E-state index in [1.165, 1.54) is 0 Å². The molecular formula is C24H29ClN4O5. The van der Waals surface area contributed by atoms with E-state index in [4.69, 9.17) is 21.1 Å². The van der Waals surface area contributed by atoms with Gasteiger partial charge in [-0.25, -0.2) is 0 Å². The number of benzene rings is 2. The minimum Gasteiger partial charge on any atom is -0.478 e. The van der Waals surface area contributed by atoms with Crippen molar-refractivity contribution in [2.45, 2.75) is 19.4 Å². The standard InChI is InChI=1S/C24H29ClN4O5/c1-24(2,34-20-6-3-18(25)4-7-20)23(30)28-11-9-26(10-12-28)19-5-8-21(29(31)32)22(17-19)27-13-15-33-16-14-27/h3-8,17H,9-16H2,1-2H3. The highest BCUT2D eigenvalue weighted by molar-refractivity contribution is 6.30. The van der Waals surface area contributed by atoms with E-state index in [1.807, 2.05) is 11.0 Å². The Morgan fingerprint density at radius 3 is 2.26 bits per heavy atom. The Kier molecular flexibility index (Phi) is 7.13. The molecule has 2 saturated heterocycles. The normalized spacial score (nSPS) is 17.0. The smallest absolute Gasteiger partial charge is 0.292 e. The maximum absolute atomic E-state index is 13.2. The van der Waals surface area contributed by atoms with Gasteiger partial charge in [0, 0.05) is 56.0 Å². The van der Waals surface area contributed by atoms with E-state index in [-0.39, 0.29) is 16.5 Å². The minimum atomic E-state index is -1.02. The summed E-state index contributed by atoms with van der Waals surface area (Å²) in [5.74, 6) is 0.503. The molecule has 2 aromatic rings. The number of rotatable bonds is 6. The monoisotopic (exact) mass is 488 g/mol. The van der Waals surface area contributed by atoms with Crippen molar-refractivity contribution < 1.29 is 19.2 Å². The molecule has 0 aliphatic carbocycles. The molecule has 2 heterocycles. The Labute approximate surface area is 203 Å². The number of nitro groups is 1. The van der Waals surface area contributed by atoms with Gasteiger partial charge in [-0.15, -0.1) is 0 Å². The summed E-state index contributed by atoms with van der Waals surface area (Å²) in [5, 5.41) is 12.2. The van der Waals surface area contributed by atoms with Crippen molar-refractivity contribution in [2.24, 2.45) is 0 Å². The molecule has 0 atom stereocenters. The van der Waals surface area contributed by atoms with Crippen molar-refractivity contribution in [3.8, 4) is 5.75 Å². The second kappa shape index (κ2) is 10.1. The largest absolute Gasteiger partial charge is 0.478 e. The van der Waals surface area contributed by atoms with Crippen molar-refractivity contribution in [1.29, 1.82) is 0 Å². The molecule has 2 fully saturated rings. The Bertz CT molecular complexity index is 1030. The lowest BCUT2D eigenvalue weighted by molar-refractivity contribution is -0.384. The second-order valence-electron chi connectivity index (χ2n) is 8.88. The molecule has 0 saturated carbocycles. The van der Waals surface area contributed by atoms with E-state index in [2.05, 4.69) is 4.90 Å². The fourth-order valence-corrected chi connectivity index (χ4v) is 4.44. The SMILES string of the molecule is CC(C)(Oc1ccc(Cl)cc1)C(=O)N1CCN(c2ccc([N+](=O)[O-])c(N3CCOCC3)c2)CC1. The quantitative estimate of drug-likeness (QED) is 0.453. The third-order valence-electron chi connectivity index (χ3n) is 6.14. The first kappa shape index (κ1) is 24.1. The number of ether oxygens (including phenoxy) is 2. The van der Waals surface area contributed by atoms with Crippen LogP contribution in [0, 0.1) is 10.1 Å². The van der Waals surface area contributed by atoms with Crippen LogP contribution in [0.1, 0.15) is 13.8 Å². The van der Waals surface area contributed by atoms with Gasteiger partial charge in [0.1, 0.15) is 11.4 Å². The molecule has 0 N–H and O–H groups in total. The van der Waals surface area contributed by atoms with Gasteiger partial charge in [0.15, 0.2) is 5.60 Å². The van der Waals surface area contributed by atoms with Crippen LogP contribution in [0.25, 0.3) is 0 Å². The number of morpholine rings is 1. The fraction of sp³-hybridized carbons (Fsp3) is 0.458. The average molecular weight is 489 g/mol. The molecule has 1 amide bonds. The number of anilines is 2. The number of hydrogen-bond donors (Lipinski definition) is 0. The first-order valence-corrected chi connectivity index (χ1v) is 11.7. The van der Waals surface area contributed by atoms with Crippen LogP contribution in [0.3, 0.4) is 0 Å². The van der Waals surface area contributed by atoms with E-state index in [0.29, 0.717) is 68.9 Å². The highest BCUT2D eigenvalue weighted by atomic mass is 35.5. The lowest BCUT2D eigenvalue weighted by Crippen LogP contribution is -2.55. The summed E-state index contributed by atoms with van der Waals surface area (Å²) in [6.45, 7) is 8.21. The van der Waals surface area contributed by atoms with E-state index >= 15 is 0 Å². The van der Waals surface area contributed by atoms with Gasteiger partial charge in [0.25, 0.3) is 11.6 Å². The molecular weight excluding hydrogens is 460 g/mol. The zero-order chi connectivity index (χ0) is 24.3. The van der Waals surface area contributed by atoms with Crippen LogP contribution in [-0.2, 0) is 9.53 Å².